The van der Waals surface area contributed by atoms with Gasteiger partial charge in [0, 0.05) is 11.6 Å². The monoisotopic (exact) mass is 172 g/mol. The first-order valence-corrected chi connectivity index (χ1v) is 2.93. The van der Waals surface area contributed by atoms with E-state index >= 15 is 0 Å². The lowest BCUT2D eigenvalue weighted by molar-refractivity contribution is -0.133. The molecule has 0 aliphatic rings. The third kappa shape index (κ3) is 4.04. The van der Waals surface area contributed by atoms with Gasteiger partial charge in [-0.2, -0.15) is 0 Å². The Morgan fingerprint density at radius 2 is 1.75 bits per heavy atom. The van der Waals surface area contributed by atoms with E-state index < -0.39 is 18.0 Å². The van der Waals surface area contributed by atoms with Gasteiger partial charge in [0.2, 0.25) is 5.91 Å². The Kier molecular flexibility index (Phi) is 3.48. The SMILES string of the molecule is CC(=CC(N)=O)C(=O)OC(N)=O. The average Bonchev–Trinajstić information content (AvgIpc) is 1.84. The van der Waals surface area contributed by atoms with Crippen molar-refractivity contribution in [3.63, 3.8) is 0 Å². The minimum atomic E-state index is -1.22. The summed E-state index contributed by atoms with van der Waals surface area (Å²) in [6.07, 6.45) is -0.386. The lowest BCUT2D eigenvalue weighted by Crippen LogP contribution is -2.20. The molecule has 0 spiro atoms. The van der Waals surface area contributed by atoms with Gasteiger partial charge in [-0.1, -0.05) is 0 Å². The number of primary amides is 2. The number of hydrogen-bond donors (Lipinski definition) is 2. The highest BCUT2D eigenvalue weighted by Gasteiger charge is 2.09. The van der Waals surface area contributed by atoms with Gasteiger partial charge < -0.3 is 16.2 Å². The molecule has 0 rings (SSSR count). The molecule has 66 valence electrons. The summed E-state index contributed by atoms with van der Waals surface area (Å²) < 4.78 is 3.94. The second kappa shape index (κ2) is 4.12. The van der Waals surface area contributed by atoms with Crippen LogP contribution in [-0.2, 0) is 14.3 Å². The maximum absolute atomic E-state index is 10.7. The second-order valence-corrected chi connectivity index (χ2v) is 1.94. The van der Waals surface area contributed by atoms with Crippen LogP contribution >= 0.6 is 0 Å². The fraction of sp³-hybridized carbons (Fsp3) is 0.167. The van der Waals surface area contributed by atoms with Crippen molar-refractivity contribution in [1.82, 2.24) is 0 Å². The van der Waals surface area contributed by atoms with Gasteiger partial charge >= 0.3 is 12.1 Å². The number of amides is 2. The number of hydrogen-bond acceptors (Lipinski definition) is 4. The predicted octanol–water partition coefficient (Wildman–Crippen LogP) is -0.960. The van der Waals surface area contributed by atoms with Crippen LogP contribution in [0.25, 0.3) is 0 Å². The van der Waals surface area contributed by atoms with Crippen molar-refractivity contribution in [3.8, 4) is 0 Å². The summed E-state index contributed by atoms with van der Waals surface area (Å²) in [5.41, 5.74) is 9.18. The van der Waals surface area contributed by atoms with Crippen molar-refractivity contribution in [2.75, 3.05) is 0 Å². The van der Waals surface area contributed by atoms with Gasteiger partial charge in [-0.05, 0) is 6.92 Å². The topological polar surface area (TPSA) is 112 Å². The molecule has 6 nitrogen and oxygen atoms in total. The summed E-state index contributed by atoms with van der Waals surface area (Å²) in [6, 6.07) is 0. The molecule has 0 aliphatic heterocycles. The Balaban J connectivity index is 4.29. The normalized spacial score (nSPS) is 10.6. The quantitative estimate of drug-likeness (QED) is 0.317. The number of nitrogens with two attached hydrogens (primary N) is 2. The molecule has 0 aromatic rings. The number of carbonyl (C=O) groups is 3. The molecule has 0 heterocycles. The highest BCUT2D eigenvalue weighted by Crippen LogP contribution is 1.95. The Bertz CT molecular complexity index is 256. The number of esters is 1. The lowest BCUT2D eigenvalue weighted by Gasteiger charge is -1.97. The van der Waals surface area contributed by atoms with Crippen molar-refractivity contribution in [2.45, 2.75) is 6.92 Å². The van der Waals surface area contributed by atoms with E-state index in [1.165, 1.54) is 6.92 Å². The standard InChI is InChI=1S/C6H8N2O4/c1-3(2-4(7)9)5(10)12-6(8)11/h2H,1H3,(H2,7,9)(H2,8,11). The van der Waals surface area contributed by atoms with Gasteiger partial charge in [-0.15, -0.1) is 0 Å². The van der Waals surface area contributed by atoms with Gasteiger partial charge in [0.25, 0.3) is 0 Å². The molecule has 0 unspecified atom stereocenters. The fourth-order valence-electron chi connectivity index (χ4n) is 0.444. The third-order valence-electron chi connectivity index (χ3n) is 0.874. The van der Waals surface area contributed by atoms with E-state index in [9.17, 15) is 14.4 Å². The summed E-state index contributed by atoms with van der Waals surface area (Å²) in [4.78, 5) is 30.9. The smallest absolute Gasteiger partial charge is 0.373 e. The number of rotatable bonds is 2. The Morgan fingerprint density at radius 1 is 1.25 bits per heavy atom. The Labute approximate surface area is 68.2 Å². The second-order valence-electron chi connectivity index (χ2n) is 1.94. The Morgan fingerprint density at radius 3 is 2.08 bits per heavy atom. The summed E-state index contributed by atoms with van der Waals surface area (Å²) in [7, 11) is 0. The van der Waals surface area contributed by atoms with Crippen molar-refractivity contribution >= 4 is 18.0 Å². The average molecular weight is 172 g/mol. The minimum Gasteiger partial charge on any atom is -0.373 e. The van der Waals surface area contributed by atoms with Crippen LogP contribution in [0.3, 0.4) is 0 Å². The van der Waals surface area contributed by atoms with Crippen LogP contribution in [0.15, 0.2) is 11.6 Å². The summed E-state index contributed by atoms with van der Waals surface area (Å²) in [5, 5.41) is 0. The first-order valence-electron chi connectivity index (χ1n) is 2.93. The molecule has 0 radical (unpaired) electrons. The van der Waals surface area contributed by atoms with Crippen LogP contribution in [0.1, 0.15) is 6.92 Å². The van der Waals surface area contributed by atoms with Crippen molar-refractivity contribution in [1.29, 1.82) is 0 Å². The predicted molar refractivity (Wildman–Crippen MR) is 38.6 cm³/mol. The maximum atomic E-state index is 10.7. The largest absolute Gasteiger partial charge is 0.412 e. The van der Waals surface area contributed by atoms with E-state index in [4.69, 9.17) is 5.73 Å². The van der Waals surface area contributed by atoms with E-state index in [0.717, 1.165) is 6.08 Å². The zero-order chi connectivity index (χ0) is 9.72. The van der Waals surface area contributed by atoms with Gasteiger partial charge in [0.15, 0.2) is 0 Å². The molecular weight excluding hydrogens is 164 g/mol. The molecule has 0 bridgehead atoms. The summed E-state index contributed by atoms with van der Waals surface area (Å²) >= 11 is 0. The van der Waals surface area contributed by atoms with Crippen molar-refractivity contribution in [2.24, 2.45) is 11.5 Å². The molecule has 0 aliphatic carbocycles. The van der Waals surface area contributed by atoms with E-state index in [0.29, 0.717) is 0 Å². The maximum Gasteiger partial charge on any atom is 0.412 e. The van der Waals surface area contributed by atoms with Gasteiger partial charge in [0.1, 0.15) is 0 Å². The molecule has 12 heavy (non-hydrogen) atoms. The van der Waals surface area contributed by atoms with Crippen molar-refractivity contribution < 1.29 is 19.1 Å². The number of carbonyl (C=O) groups excluding carboxylic acids is 3. The highest BCUT2D eigenvalue weighted by atomic mass is 16.6. The number of ether oxygens (including phenoxy) is 1. The van der Waals surface area contributed by atoms with Crippen LogP contribution in [0.4, 0.5) is 4.79 Å². The molecule has 0 atom stereocenters. The van der Waals surface area contributed by atoms with Crippen LogP contribution in [0, 0.1) is 0 Å². The van der Waals surface area contributed by atoms with Crippen LogP contribution < -0.4 is 11.5 Å². The van der Waals surface area contributed by atoms with Gasteiger partial charge in [0.05, 0.1) is 0 Å². The molecule has 0 aromatic carbocycles. The van der Waals surface area contributed by atoms with E-state index in [2.05, 4.69) is 10.5 Å². The molecular formula is C6H8N2O4. The van der Waals surface area contributed by atoms with Gasteiger partial charge in [-0.3, -0.25) is 4.79 Å². The van der Waals surface area contributed by atoms with Crippen LogP contribution in [-0.4, -0.2) is 18.0 Å². The fourth-order valence-corrected chi connectivity index (χ4v) is 0.444. The third-order valence-corrected chi connectivity index (χ3v) is 0.874. The molecule has 6 heteroatoms. The van der Waals surface area contributed by atoms with Gasteiger partial charge in [-0.25, -0.2) is 9.59 Å². The van der Waals surface area contributed by atoms with Crippen LogP contribution in [0.2, 0.25) is 0 Å². The van der Waals surface area contributed by atoms with Crippen LogP contribution in [0.5, 0.6) is 0 Å². The molecule has 0 saturated carbocycles. The zero-order valence-corrected chi connectivity index (χ0v) is 6.37. The molecule has 0 aromatic heterocycles. The Hall–Kier alpha value is -1.85. The summed E-state index contributed by atoms with van der Waals surface area (Å²) in [6.45, 7) is 1.27. The first kappa shape index (κ1) is 10.2. The molecule has 4 N–H and O–H groups in total. The molecule has 0 saturated heterocycles. The molecule has 0 fully saturated rings. The zero-order valence-electron chi connectivity index (χ0n) is 6.37. The van der Waals surface area contributed by atoms with E-state index in [1.54, 1.807) is 0 Å². The van der Waals surface area contributed by atoms with Crippen molar-refractivity contribution in [3.05, 3.63) is 11.6 Å². The van der Waals surface area contributed by atoms with E-state index in [1.807, 2.05) is 0 Å². The lowest BCUT2D eigenvalue weighted by atomic mass is 10.3. The first-order chi connectivity index (χ1) is 5.43. The summed E-state index contributed by atoms with van der Waals surface area (Å²) in [5.74, 6) is -1.78. The highest BCUT2D eigenvalue weighted by molar-refractivity contribution is 6.00. The minimum absolute atomic E-state index is 0.0821. The molecule has 2 amide bonds. The van der Waals surface area contributed by atoms with E-state index in [-0.39, 0.29) is 5.57 Å².